The zero-order valence-electron chi connectivity index (χ0n) is 6.92. The van der Waals surface area contributed by atoms with Crippen molar-refractivity contribution in [2.45, 2.75) is 19.3 Å². The highest BCUT2D eigenvalue weighted by atomic mass is 16.2. The number of carbonyl (C=O) groups excluding carboxylic acids is 3. The average molecular weight is 169 g/mol. The van der Waals surface area contributed by atoms with Crippen LogP contribution in [0.3, 0.4) is 0 Å². The number of Topliss-reactive ketones (excluding diaryl/α,β-unsaturated/α-hetero) is 2. The smallest absolute Gasteiger partial charge is 0.230 e. The van der Waals surface area contributed by atoms with Crippen LogP contribution in [0.1, 0.15) is 19.3 Å². The highest BCUT2D eigenvalue weighted by Crippen LogP contribution is 2.17. The number of amides is 1. The number of rotatable bonds is 1. The Morgan fingerprint density at radius 2 is 2.17 bits per heavy atom. The van der Waals surface area contributed by atoms with Gasteiger partial charge in [-0.05, 0) is 6.42 Å². The van der Waals surface area contributed by atoms with Crippen molar-refractivity contribution >= 4 is 17.5 Å². The second kappa shape index (κ2) is 3.47. The summed E-state index contributed by atoms with van der Waals surface area (Å²) < 4.78 is 0. The predicted molar refractivity (Wildman–Crippen MR) is 41.4 cm³/mol. The van der Waals surface area contributed by atoms with Gasteiger partial charge in [0.1, 0.15) is 5.78 Å². The van der Waals surface area contributed by atoms with Gasteiger partial charge in [0.2, 0.25) is 5.91 Å². The summed E-state index contributed by atoms with van der Waals surface area (Å²) in [6, 6.07) is 0. The highest BCUT2D eigenvalue weighted by molar-refractivity contribution is 6.11. The monoisotopic (exact) mass is 169 g/mol. The summed E-state index contributed by atoms with van der Waals surface area (Å²) in [6.07, 6.45) is 0.652. The molecule has 0 aliphatic heterocycles. The van der Waals surface area contributed by atoms with Gasteiger partial charge in [-0.25, -0.2) is 0 Å². The first-order valence-electron chi connectivity index (χ1n) is 3.91. The molecule has 1 fully saturated rings. The molecule has 0 heterocycles. The lowest BCUT2D eigenvalue weighted by molar-refractivity contribution is -0.138. The molecule has 1 rings (SSSR count). The molecule has 4 heteroatoms. The summed E-state index contributed by atoms with van der Waals surface area (Å²) in [5, 5.41) is 2.41. The van der Waals surface area contributed by atoms with Crippen LogP contribution >= 0.6 is 0 Å². The molecular weight excluding hydrogens is 158 g/mol. The van der Waals surface area contributed by atoms with Gasteiger partial charge in [0, 0.05) is 13.5 Å². The van der Waals surface area contributed by atoms with Crippen molar-refractivity contribution in [2.75, 3.05) is 7.05 Å². The van der Waals surface area contributed by atoms with Crippen molar-refractivity contribution in [2.24, 2.45) is 5.92 Å². The van der Waals surface area contributed by atoms with E-state index >= 15 is 0 Å². The molecule has 1 unspecified atom stereocenters. The molecule has 0 bridgehead atoms. The van der Waals surface area contributed by atoms with E-state index in [0.29, 0.717) is 12.8 Å². The van der Waals surface area contributed by atoms with Crippen molar-refractivity contribution in [1.82, 2.24) is 5.32 Å². The van der Waals surface area contributed by atoms with E-state index in [1.807, 2.05) is 0 Å². The Balaban J connectivity index is 2.62. The molecule has 1 N–H and O–H groups in total. The lowest BCUT2D eigenvalue weighted by Gasteiger charge is -2.17. The van der Waals surface area contributed by atoms with Gasteiger partial charge in [-0.2, -0.15) is 0 Å². The van der Waals surface area contributed by atoms with E-state index in [1.54, 1.807) is 0 Å². The largest absolute Gasteiger partial charge is 0.359 e. The first kappa shape index (κ1) is 8.90. The van der Waals surface area contributed by atoms with Gasteiger partial charge in [0.05, 0.1) is 12.3 Å². The van der Waals surface area contributed by atoms with Gasteiger partial charge in [-0.1, -0.05) is 0 Å². The SMILES string of the molecule is CNC(=O)C1CCC(=O)CC1=O. The Labute approximate surface area is 70.3 Å². The summed E-state index contributed by atoms with van der Waals surface area (Å²) in [7, 11) is 1.49. The molecule has 12 heavy (non-hydrogen) atoms. The Morgan fingerprint density at radius 3 is 2.67 bits per heavy atom. The van der Waals surface area contributed by atoms with Crippen molar-refractivity contribution < 1.29 is 14.4 Å². The number of carbonyl (C=O) groups is 3. The van der Waals surface area contributed by atoms with Crippen molar-refractivity contribution in [3.8, 4) is 0 Å². The van der Waals surface area contributed by atoms with Crippen LogP contribution in [0.5, 0.6) is 0 Å². The summed E-state index contributed by atoms with van der Waals surface area (Å²) in [6.45, 7) is 0. The summed E-state index contributed by atoms with van der Waals surface area (Å²) in [5.74, 6) is -1.16. The van der Waals surface area contributed by atoms with Gasteiger partial charge in [0.15, 0.2) is 5.78 Å². The summed E-state index contributed by atoms with van der Waals surface area (Å²) in [5.41, 5.74) is 0. The van der Waals surface area contributed by atoms with Gasteiger partial charge < -0.3 is 5.32 Å². The molecule has 0 aromatic carbocycles. The molecule has 0 aromatic heterocycles. The average Bonchev–Trinajstić information content (AvgIpc) is 2.03. The molecule has 1 atom stereocenters. The van der Waals surface area contributed by atoms with E-state index < -0.39 is 5.92 Å². The molecule has 1 aliphatic rings. The fourth-order valence-corrected chi connectivity index (χ4v) is 1.32. The van der Waals surface area contributed by atoms with E-state index in [-0.39, 0.29) is 23.9 Å². The van der Waals surface area contributed by atoms with E-state index in [2.05, 4.69) is 5.32 Å². The quantitative estimate of drug-likeness (QED) is 0.547. The van der Waals surface area contributed by atoms with Crippen molar-refractivity contribution in [3.63, 3.8) is 0 Å². The third kappa shape index (κ3) is 1.69. The van der Waals surface area contributed by atoms with Crippen LogP contribution in [0.25, 0.3) is 0 Å². The van der Waals surface area contributed by atoms with Gasteiger partial charge >= 0.3 is 0 Å². The normalized spacial score (nSPS) is 23.9. The lowest BCUT2D eigenvalue weighted by atomic mass is 9.86. The molecular formula is C8H11NO3. The third-order valence-corrected chi connectivity index (χ3v) is 2.03. The molecule has 4 nitrogen and oxygen atoms in total. The first-order chi connectivity index (χ1) is 5.65. The van der Waals surface area contributed by atoms with Gasteiger partial charge in [-0.15, -0.1) is 0 Å². The van der Waals surface area contributed by atoms with E-state index in [9.17, 15) is 14.4 Å². The number of ketones is 2. The van der Waals surface area contributed by atoms with E-state index in [4.69, 9.17) is 0 Å². The standard InChI is InChI=1S/C8H11NO3/c1-9-8(12)6-3-2-5(10)4-7(6)11/h6H,2-4H2,1H3,(H,9,12). The fraction of sp³-hybridized carbons (Fsp3) is 0.625. The minimum atomic E-state index is -0.590. The van der Waals surface area contributed by atoms with Crippen LogP contribution in [-0.2, 0) is 14.4 Å². The van der Waals surface area contributed by atoms with Gasteiger partial charge in [-0.3, -0.25) is 14.4 Å². The number of nitrogens with one attached hydrogen (secondary N) is 1. The van der Waals surface area contributed by atoms with E-state index in [0.717, 1.165) is 0 Å². The van der Waals surface area contributed by atoms with Crippen LogP contribution in [0.2, 0.25) is 0 Å². The molecule has 0 saturated heterocycles. The lowest BCUT2D eigenvalue weighted by Crippen LogP contribution is -2.37. The van der Waals surface area contributed by atoms with Crippen molar-refractivity contribution in [3.05, 3.63) is 0 Å². The predicted octanol–water partition coefficient (Wildman–Crippen LogP) is -0.329. The first-order valence-corrected chi connectivity index (χ1v) is 3.91. The fourth-order valence-electron chi connectivity index (χ4n) is 1.32. The number of hydrogen-bond donors (Lipinski definition) is 1. The molecule has 1 amide bonds. The molecule has 1 aliphatic carbocycles. The maximum Gasteiger partial charge on any atom is 0.230 e. The van der Waals surface area contributed by atoms with Crippen LogP contribution in [0.15, 0.2) is 0 Å². The maximum atomic E-state index is 11.1. The highest BCUT2D eigenvalue weighted by Gasteiger charge is 2.31. The minimum Gasteiger partial charge on any atom is -0.359 e. The zero-order valence-corrected chi connectivity index (χ0v) is 6.92. The van der Waals surface area contributed by atoms with Crippen molar-refractivity contribution in [1.29, 1.82) is 0 Å². The summed E-state index contributed by atoms with van der Waals surface area (Å²) >= 11 is 0. The third-order valence-electron chi connectivity index (χ3n) is 2.03. The van der Waals surface area contributed by atoms with Crippen LogP contribution in [0.4, 0.5) is 0 Å². The summed E-state index contributed by atoms with van der Waals surface area (Å²) in [4.78, 5) is 32.9. The van der Waals surface area contributed by atoms with Crippen LogP contribution in [-0.4, -0.2) is 24.5 Å². The van der Waals surface area contributed by atoms with E-state index in [1.165, 1.54) is 7.05 Å². The second-order valence-electron chi connectivity index (χ2n) is 2.89. The Kier molecular flexibility index (Phi) is 2.58. The van der Waals surface area contributed by atoms with Gasteiger partial charge in [0.25, 0.3) is 0 Å². The molecule has 0 aromatic rings. The zero-order chi connectivity index (χ0) is 9.14. The molecule has 1 saturated carbocycles. The maximum absolute atomic E-state index is 11.1. The van der Waals surface area contributed by atoms with Crippen LogP contribution in [0, 0.1) is 5.92 Å². The number of hydrogen-bond acceptors (Lipinski definition) is 3. The molecule has 0 spiro atoms. The Bertz CT molecular complexity index is 234. The van der Waals surface area contributed by atoms with Crippen LogP contribution < -0.4 is 5.32 Å². The molecule has 0 radical (unpaired) electrons. The Hall–Kier alpha value is -1.19. The topological polar surface area (TPSA) is 63.2 Å². The molecule has 66 valence electrons. The minimum absolute atomic E-state index is 0.0554. The Morgan fingerprint density at radius 1 is 1.50 bits per heavy atom. The second-order valence-corrected chi connectivity index (χ2v) is 2.89.